The summed E-state index contributed by atoms with van der Waals surface area (Å²) in [5, 5.41) is 3.04. The molecule has 0 aromatic heterocycles. The van der Waals surface area contributed by atoms with Crippen molar-refractivity contribution in [3.63, 3.8) is 0 Å². The standard InChI is InChI=1S/C17H18ClFN2O4/c1-4-17(16(24)25-3)12-11(14(22)21(2)15(12)23)13(20-17)8-5-6-10(19)9(18)7-8/h5-7,11-13,20H,4H2,1-3H3/t11-,12-,13-,17-/m1/s1. The molecule has 2 saturated heterocycles. The largest absolute Gasteiger partial charge is 0.468 e. The lowest BCUT2D eigenvalue weighted by molar-refractivity contribution is -0.154. The van der Waals surface area contributed by atoms with Crippen molar-refractivity contribution in [2.75, 3.05) is 14.2 Å². The second kappa shape index (κ2) is 6.07. The van der Waals surface area contributed by atoms with Gasteiger partial charge in [-0.25, -0.2) is 4.39 Å². The van der Waals surface area contributed by atoms with Gasteiger partial charge in [-0.05, 0) is 24.1 Å². The highest BCUT2D eigenvalue weighted by Gasteiger charge is 2.67. The first-order valence-corrected chi connectivity index (χ1v) is 8.28. The molecule has 0 spiro atoms. The molecular formula is C17H18ClFN2O4. The van der Waals surface area contributed by atoms with Crippen LogP contribution in [0.25, 0.3) is 0 Å². The summed E-state index contributed by atoms with van der Waals surface area (Å²) in [7, 11) is 2.64. The third-order valence-corrected chi connectivity index (χ3v) is 5.57. The van der Waals surface area contributed by atoms with E-state index in [0.29, 0.717) is 5.56 Å². The van der Waals surface area contributed by atoms with E-state index >= 15 is 0 Å². The Balaban J connectivity index is 2.14. The van der Waals surface area contributed by atoms with Gasteiger partial charge in [0, 0.05) is 13.1 Å². The number of halogens is 2. The first-order chi connectivity index (χ1) is 11.8. The maximum absolute atomic E-state index is 13.5. The average Bonchev–Trinajstić information content (AvgIpc) is 3.07. The number of esters is 1. The molecule has 3 rings (SSSR count). The fourth-order valence-electron chi connectivity index (χ4n) is 3.98. The van der Waals surface area contributed by atoms with Crippen LogP contribution in [0, 0.1) is 17.7 Å². The molecule has 134 valence electrons. The van der Waals surface area contributed by atoms with Gasteiger partial charge < -0.3 is 4.74 Å². The minimum Gasteiger partial charge on any atom is -0.468 e. The number of carbonyl (C=O) groups is 3. The third-order valence-electron chi connectivity index (χ3n) is 5.28. The maximum Gasteiger partial charge on any atom is 0.326 e. The topological polar surface area (TPSA) is 75.7 Å². The van der Waals surface area contributed by atoms with Gasteiger partial charge in [-0.3, -0.25) is 24.6 Å². The van der Waals surface area contributed by atoms with Crippen LogP contribution >= 0.6 is 11.6 Å². The molecule has 0 saturated carbocycles. The van der Waals surface area contributed by atoms with Crippen LogP contribution in [-0.2, 0) is 19.1 Å². The minimum atomic E-state index is -1.32. The van der Waals surface area contributed by atoms with Gasteiger partial charge in [0.05, 0.1) is 24.0 Å². The van der Waals surface area contributed by atoms with Gasteiger partial charge in [0.25, 0.3) is 0 Å². The highest BCUT2D eigenvalue weighted by atomic mass is 35.5. The number of hydrogen-bond donors (Lipinski definition) is 1. The number of carbonyl (C=O) groups excluding carboxylic acids is 3. The van der Waals surface area contributed by atoms with Crippen LogP contribution in [0.1, 0.15) is 24.9 Å². The van der Waals surface area contributed by atoms with Crippen molar-refractivity contribution in [1.82, 2.24) is 10.2 Å². The fraction of sp³-hybridized carbons (Fsp3) is 0.471. The molecule has 0 aliphatic carbocycles. The smallest absolute Gasteiger partial charge is 0.326 e. The number of methoxy groups -OCH3 is 1. The van der Waals surface area contributed by atoms with Crippen LogP contribution in [-0.4, -0.2) is 42.4 Å². The minimum absolute atomic E-state index is 0.0898. The van der Waals surface area contributed by atoms with Gasteiger partial charge in [-0.2, -0.15) is 0 Å². The van der Waals surface area contributed by atoms with Crippen LogP contribution in [0.3, 0.4) is 0 Å². The quantitative estimate of drug-likeness (QED) is 0.649. The van der Waals surface area contributed by atoms with Crippen molar-refractivity contribution in [2.24, 2.45) is 11.8 Å². The first kappa shape index (κ1) is 17.8. The Morgan fingerprint density at radius 2 is 2.08 bits per heavy atom. The Bertz CT molecular complexity index is 771. The van der Waals surface area contributed by atoms with Crippen LogP contribution in [0.4, 0.5) is 4.39 Å². The van der Waals surface area contributed by atoms with E-state index in [-0.39, 0.29) is 17.4 Å². The fourth-order valence-corrected chi connectivity index (χ4v) is 4.17. The van der Waals surface area contributed by atoms with Crippen LogP contribution in [0.5, 0.6) is 0 Å². The first-order valence-electron chi connectivity index (χ1n) is 7.91. The molecular weight excluding hydrogens is 351 g/mol. The van der Waals surface area contributed by atoms with E-state index in [4.69, 9.17) is 16.3 Å². The molecule has 1 aromatic rings. The van der Waals surface area contributed by atoms with Crippen molar-refractivity contribution in [3.8, 4) is 0 Å². The van der Waals surface area contributed by atoms with Gasteiger partial charge in [0.1, 0.15) is 11.4 Å². The molecule has 2 heterocycles. The van der Waals surface area contributed by atoms with Gasteiger partial charge in [0.2, 0.25) is 11.8 Å². The summed E-state index contributed by atoms with van der Waals surface area (Å²) < 4.78 is 18.4. The molecule has 25 heavy (non-hydrogen) atoms. The van der Waals surface area contributed by atoms with Gasteiger partial charge in [0.15, 0.2) is 0 Å². The molecule has 0 bridgehead atoms. The molecule has 2 fully saturated rings. The summed E-state index contributed by atoms with van der Waals surface area (Å²) in [6.45, 7) is 1.75. The van der Waals surface area contributed by atoms with Gasteiger partial charge >= 0.3 is 5.97 Å². The summed E-state index contributed by atoms with van der Waals surface area (Å²) in [6, 6.07) is 3.45. The number of nitrogens with one attached hydrogen (secondary N) is 1. The number of benzene rings is 1. The van der Waals surface area contributed by atoms with E-state index in [1.165, 1.54) is 32.4 Å². The van der Waals surface area contributed by atoms with Gasteiger partial charge in [-0.15, -0.1) is 0 Å². The molecule has 0 unspecified atom stereocenters. The van der Waals surface area contributed by atoms with Crippen molar-refractivity contribution in [1.29, 1.82) is 0 Å². The number of amides is 2. The summed E-state index contributed by atoms with van der Waals surface area (Å²) >= 11 is 5.87. The Morgan fingerprint density at radius 3 is 2.64 bits per heavy atom. The van der Waals surface area contributed by atoms with E-state index in [2.05, 4.69) is 5.32 Å². The second-order valence-corrected chi connectivity index (χ2v) is 6.76. The van der Waals surface area contributed by atoms with E-state index in [0.717, 1.165) is 4.90 Å². The lowest BCUT2D eigenvalue weighted by Gasteiger charge is -2.30. The number of imide groups is 1. The van der Waals surface area contributed by atoms with E-state index < -0.39 is 41.1 Å². The van der Waals surface area contributed by atoms with Crippen molar-refractivity contribution < 1.29 is 23.5 Å². The van der Waals surface area contributed by atoms with Crippen molar-refractivity contribution in [2.45, 2.75) is 24.9 Å². The number of ether oxygens (including phenoxy) is 1. The Kier molecular flexibility index (Phi) is 4.33. The van der Waals surface area contributed by atoms with Crippen molar-refractivity contribution in [3.05, 3.63) is 34.6 Å². The van der Waals surface area contributed by atoms with E-state index in [1.807, 2.05) is 0 Å². The van der Waals surface area contributed by atoms with Crippen LogP contribution < -0.4 is 5.32 Å². The molecule has 2 amide bonds. The molecule has 6 nitrogen and oxygen atoms in total. The summed E-state index contributed by atoms with van der Waals surface area (Å²) in [6.07, 6.45) is 0.263. The maximum atomic E-state index is 13.5. The number of nitrogens with zero attached hydrogens (tertiary/aromatic N) is 1. The number of fused-ring (bicyclic) bond motifs is 1. The Hall–Kier alpha value is -1.99. The molecule has 0 radical (unpaired) electrons. The lowest BCUT2D eigenvalue weighted by Crippen LogP contribution is -2.55. The normalized spacial score (nSPS) is 31.4. The molecule has 1 N–H and O–H groups in total. The number of rotatable bonds is 3. The number of hydrogen-bond acceptors (Lipinski definition) is 5. The number of likely N-dealkylation sites (tertiary alicyclic amines) is 1. The molecule has 2 aliphatic rings. The molecule has 2 aliphatic heterocycles. The molecule has 4 atom stereocenters. The zero-order valence-electron chi connectivity index (χ0n) is 14.0. The molecule has 8 heteroatoms. The van der Waals surface area contributed by atoms with E-state index in [1.54, 1.807) is 6.92 Å². The van der Waals surface area contributed by atoms with Gasteiger partial charge in [-0.1, -0.05) is 24.6 Å². The van der Waals surface area contributed by atoms with Crippen LogP contribution in [0.2, 0.25) is 5.02 Å². The lowest BCUT2D eigenvalue weighted by atomic mass is 9.78. The van der Waals surface area contributed by atoms with E-state index in [9.17, 15) is 18.8 Å². The third kappa shape index (κ3) is 2.37. The highest BCUT2D eigenvalue weighted by Crippen LogP contribution is 2.50. The summed E-state index contributed by atoms with van der Waals surface area (Å²) in [4.78, 5) is 38.9. The van der Waals surface area contributed by atoms with Crippen molar-refractivity contribution >= 4 is 29.4 Å². The Labute approximate surface area is 149 Å². The zero-order chi connectivity index (χ0) is 18.5. The summed E-state index contributed by atoms with van der Waals surface area (Å²) in [5.74, 6) is -3.65. The van der Waals surface area contributed by atoms with Crippen LogP contribution in [0.15, 0.2) is 18.2 Å². The Morgan fingerprint density at radius 1 is 1.40 bits per heavy atom. The predicted octanol–water partition coefficient (Wildman–Crippen LogP) is 1.68. The zero-order valence-corrected chi connectivity index (χ0v) is 14.8. The molecule has 1 aromatic carbocycles. The second-order valence-electron chi connectivity index (χ2n) is 6.35. The highest BCUT2D eigenvalue weighted by molar-refractivity contribution is 6.30. The SMILES string of the molecule is CC[C@@]1(C(=O)OC)N[C@H](c2ccc(F)c(Cl)c2)[C@@H]2C(=O)N(C)C(=O)[C@@H]21. The summed E-state index contributed by atoms with van der Waals surface area (Å²) in [5.41, 5.74) is -0.778. The average molecular weight is 369 g/mol. The monoisotopic (exact) mass is 368 g/mol. The predicted molar refractivity (Wildman–Crippen MR) is 87.1 cm³/mol.